The molecule has 0 amide bonds. The van der Waals surface area contributed by atoms with Crippen LogP contribution in [0.1, 0.15) is 5.56 Å². The molecule has 0 radical (unpaired) electrons. The molecule has 0 spiro atoms. The Morgan fingerprint density at radius 3 is 2.57 bits per heavy atom. The largest absolute Gasteiger partial charge is 0.489 e. The number of halogens is 1. The van der Waals surface area contributed by atoms with Gasteiger partial charge in [-0.25, -0.2) is 12.8 Å². The molecule has 2 aromatic carbocycles. The van der Waals surface area contributed by atoms with E-state index in [1.54, 1.807) is 36.4 Å². The molecule has 0 unspecified atom stereocenters. The Labute approximate surface area is 162 Å². The highest BCUT2D eigenvalue weighted by Crippen LogP contribution is 2.29. The number of hydrogen-bond donors (Lipinski definition) is 1. The summed E-state index contributed by atoms with van der Waals surface area (Å²) in [4.78, 5) is 0. The highest BCUT2D eigenvalue weighted by atomic mass is 32.2. The zero-order valence-electron chi connectivity index (χ0n) is 15.2. The normalized spacial score (nSPS) is 11.1. The Balaban J connectivity index is 1.84. The molecule has 0 fully saturated rings. The van der Waals surface area contributed by atoms with Gasteiger partial charge < -0.3 is 9.47 Å². The summed E-state index contributed by atoms with van der Waals surface area (Å²) in [7, 11) is -2.14. The number of ether oxygens (including phenoxy) is 2. The van der Waals surface area contributed by atoms with Crippen molar-refractivity contribution in [2.24, 2.45) is 0 Å². The van der Waals surface area contributed by atoms with Gasteiger partial charge >= 0.3 is 0 Å². The summed E-state index contributed by atoms with van der Waals surface area (Å²) in [6.07, 6.45) is 1.04. The molecule has 146 valence electrons. The lowest BCUT2D eigenvalue weighted by molar-refractivity contribution is 0.305. The monoisotopic (exact) mass is 403 g/mol. The Bertz CT molecular complexity index is 1090. The van der Waals surface area contributed by atoms with Gasteiger partial charge in [0.25, 0.3) is 5.88 Å². The minimum atomic E-state index is -3.51. The second-order valence-corrected chi connectivity index (χ2v) is 7.72. The van der Waals surface area contributed by atoms with E-state index < -0.39 is 10.0 Å². The first-order chi connectivity index (χ1) is 13.3. The summed E-state index contributed by atoms with van der Waals surface area (Å²) in [5, 5.41) is 7.98. The van der Waals surface area contributed by atoms with Gasteiger partial charge in [-0.2, -0.15) is 0 Å². The van der Waals surface area contributed by atoms with Crippen molar-refractivity contribution in [3.8, 4) is 22.9 Å². The number of methoxy groups -OCH3 is 1. The molecule has 28 heavy (non-hydrogen) atoms. The van der Waals surface area contributed by atoms with Crippen LogP contribution >= 0.6 is 0 Å². The molecule has 0 saturated heterocycles. The van der Waals surface area contributed by atoms with Crippen molar-refractivity contribution in [1.29, 1.82) is 0 Å². The molecule has 3 aromatic rings. The summed E-state index contributed by atoms with van der Waals surface area (Å²) in [5.74, 6) is 0.291. The molecule has 0 aliphatic heterocycles. The number of nitrogens with zero attached hydrogens (tertiary/aromatic N) is 2. The van der Waals surface area contributed by atoms with Gasteiger partial charge in [-0.05, 0) is 35.9 Å². The van der Waals surface area contributed by atoms with Crippen LogP contribution in [0.5, 0.6) is 11.6 Å². The fourth-order valence-corrected chi connectivity index (χ4v) is 3.03. The maximum absolute atomic E-state index is 13.3. The minimum absolute atomic E-state index is 0.0627. The van der Waals surface area contributed by atoms with Gasteiger partial charge in [0.1, 0.15) is 23.9 Å². The molecule has 3 rings (SSSR count). The molecular formula is C19H18FN3O4S. The molecule has 9 heteroatoms. The molecule has 1 N–H and O–H groups in total. The number of aromatic nitrogens is 2. The standard InChI is InChI=1S/C19H18FN3O4S/c1-26-19-18(23-28(2,24)25)11-17(21-22-19)14-6-4-8-16(10-14)27-12-13-5-3-7-15(20)9-13/h3-11H,12H2,1-2H3,(H,21,23). The third-order valence-corrected chi connectivity index (χ3v) is 4.26. The number of hydrogen-bond acceptors (Lipinski definition) is 6. The van der Waals surface area contributed by atoms with Gasteiger partial charge in [-0.1, -0.05) is 24.3 Å². The van der Waals surface area contributed by atoms with Crippen LogP contribution in [-0.4, -0.2) is 32.0 Å². The van der Waals surface area contributed by atoms with Crippen molar-refractivity contribution in [3.05, 3.63) is 66.0 Å². The summed E-state index contributed by atoms with van der Waals surface area (Å²) < 4.78 is 49.5. The van der Waals surface area contributed by atoms with Gasteiger partial charge in [-0.15, -0.1) is 10.2 Å². The average molecular weight is 403 g/mol. The predicted molar refractivity (Wildman–Crippen MR) is 103 cm³/mol. The van der Waals surface area contributed by atoms with E-state index in [9.17, 15) is 12.8 Å². The average Bonchev–Trinajstić information content (AvgIpc) is 2.65. The van der Waals surface area contributed by atoms with Crippen LogP contribution in [-0.2, 0) is 16.6 Å². The zero-order valence-corrected chi connectivity index (χ0v) is 16.0. The Morgan fingerprint density at radius 1 is 1.07 bits per heavy atom. The number of benzene rings is 2. The Hall–Kier alpha value is -3.20. The van der Waals surface area contributed by atoms with Gasteiger partial charge in [0, 0.05) is 5.56 Å². The second kappa shape index (κ2) is 8.22. The summed E-state index contributed by atoms with van der Waals surface area (Å²) in [6, 6.07) is 14.7. The van der Waals surface area contributed by atoms with Gasteiger partial charge in [0.05, 0.1) is 19.1 Å². The Kier molecular flexibility index (Phi) is 5.74. The van der Waals surface area contributed by atoms with E-state index in [4.69, 9.17) is 9.47 Å². The van der Waals surface area contributed by atoms with Crippen LogP contribution < -0.4 is 14.2 Å². The van der Waals surface area contributed by atoms with Crippen molar-refractivity contribution in [2.75, 3.05) is 18.1 Å². The fraction of sp³-hybridized carbons (Fsp3) is 0.158. The SMILES string of the molecule is COc1nnc(-c2cccc(OCc3cccc(F)c3)c2)cc1NS(C)(=O)=O. The fourth-order valence-electron chi connectivity index (χ4n) is 2.48. The van der Waals surface area contributed by atoms with Crippen LogP contribution in [0.4, 0.5) is 10.1 Å². The van der Waals surface area contributed by atoms with E-state index in [1.807, 2.05) is 0 Å². The van der Waals surface area contributed by atoms with Gasteiger partial charge in [0.2, 0.25) is 10.0 Å². The quantitative estimate of drug-likeness (QED) is 0.651. The highest BCUT2D eigenvalue weighted by Gasteiger charge is 2.13. The van der Waals surface area contributed by atoms with E-state index in [0.717, 1.165) is 6.26 Å². The van der Waals surface area contributed by atoms with Gasteiger partial charge in [-0.3, -0.25) is 4.72 Å². The predicted octanol–water partition coefficient (Wildman–Crippen LogP) is 3.24. The first-order valence-corrected chi connectivity index (χ1v) is 10.1. The molecule has 0 saturated carbocycles. The van der Waals surface area contributed by atoms with Crippen LogP contribution in [0.3, 0.4) is 0 Å². The minimum Gasteiger partial charge on any atom is -0.489 e. The third-order valence-electron chi connectivity index (χ3n) is 3.67. The smallest absolute Gasteiger partial charge is 0.257 e. The number of nitrogens with one attached hydrogen (secondary N) is 1. The number of rotatable bonds is 7. The topological polar surface area (TPSA) is 90.4 Å². The zero-order chi connectivity index (χ0) is 20.1. The van der Waals surface area contributed by atoms with E-state index in [2.05, 4.69) is 14.9 Å². The van der Waals surface area contributed by atoms with E-state index in [1.165, 1.54) is 25.3 Å². The molecule has 1 aromatic heterocycles. The molecule has 1 heterocycles. The summed E-state index contributed by atoms with van der Waals surface area (Å²) in [6.45, 7) is 0.205. The summed E-state index contributed by atoms with van der Waals surface area (Å²) in [5.41, 5.74) is 1.99. The van der Waals surface area contributed by atoms with Crippen LogP contribution in [0.15, 0.2) is 54.6 Å². The van der Waals surface area contributed by atoms with Crippen molar-refractivity contribution < 1.29 is 22.3 Å². The molecule has 0 bridgehead atoms. The van der Waals surface area contributed by atoms with Crippen molar-refractivity contribution in [1.82, 2.24) is 10.2 Å². The van der Waals surface area contributed by atoms with Crippen LogP contribution in [0.25, 0.3) is 11.3 Å². The van der Waals surface area contributed by atoms with Crippen molar-refractivity contribution >= 4 is 15.7 Å². The molecule has 0 aliphatic carbocycles. The Morgan fingerprint density at radius 2 is 1.86 bits per heavy atom. The molecule has 0 atom stereocenters. The number of sulfonamides is 1. The van der Waals surface area contributed by atoms with E-state index in [-0.39, 0.29) is 24.0 Å². The van der Waals surface area contributed by atoms with Crippen molar-refractivity contribution in [2.45, 2.75) is 6.61 Å². The van der Waals surface area contributed by atoms with E-state index in [0.29, 0.717) is 22.6 Å². The summed E-state index contributed by atoms with van der Waals surface area (Å²) >= 11 is 0. The first-order valence-electron chi connectivity index (χ1n) is 8.21. The molecular weight excluding hydrogens is 385 g/mol. The van der Waals surface area contributed by atoms with E-state index >= 15 is 0 Å². The highest BCUT2D eigenvalue weighted by molar-refractivity contribution is 7.92. The van der Waals surface area contributed by atoms with Gasteiger partial charge in [0.15, 0.2) is 0 Å². The van der Waals surface area contributed by atoms with Crippen molar-refractivity contribution in [3.63, 3.8) is 0 Å². The van der Waals surface area contributed by atoms with Crippen LogP contribution in [0.2, 0.25) is 0 Å². The third kappa shape index (κ3) is 5.17. The maximum Gasteiger partial charge on any atom is 0.257 e. The maximum atomic E-state index is 13.3. The number of anilines is 1. The first kappa shape index (κ1) is 19.6. The lowest BCUT2D eigenvalue weighted by Crippen LogP contribution is -2.11. The lowest BCUT2D eigenvalue weighted by Gasteiger charge is -2.11. The lowest BCUT2D eigenvalue weighted by atomic mass is 10.1. The molecule has 0 aliphatic rings. The van der Waals surface area contributed by atoms with Crippen LogP contribution in [0, 0.1) is 5.82 Å². The molecule has 7 nitrogen and oxygen atoms in total. The second-order valence-electron chi connectivity index (χ2n) is 5.97.